The molecule has 0 aliphatic rings. The van der Waals surface area contributed by atoms with Gasteiger partial charge in [0, 0.05) is 18.1 Å². The predicted octanol–water partition coefficient (Wildman–Crippen LogP) is 2.16. The van der Waals surface area contributed by atoms with Gasteiger partial charge >= 0.3 is 0 Å². The standard InChI is InChI=1S/C7H12N2S/c1-6(2)5-10-7-8-3-4-9-7/h3-4,6H,5H2,1-2H3,(H,8,9). The van der Waals surface area contributed by atoms with Gasteiger partial charge in [0.15, 0.2) is 5.16 Å². The first-order chi connectivity index (χ1) is 4.79. The Labute approximate surface area is 65.4 Å². The van der Waals surface area contributed by atoms with E-state index in [4.69, 9.17) is 0 Å². The maximum absolute atomic E-state index is 4.10. The highest BCUT2D eigenvalue weighted by molar-refractivity contribution is 7.99. The third-order valence-electron chi connectivity index (χ3n) is 1.03. The molecule has 2 nitrogen and oxygen atoms in total. The Morgan fingerprint density at radius 3 is 3.00 bits per heavy atom. The highest BCUT2D eigenvalue weighted by Gasteiger charge is 1.97. The molecule has 10 heavy (non-hydrogen) atoms. The SMILES string of the molecule is CC(C)CSc1ncc[nH]1. The molecular formula is C7H12N2S. The Morgan fingerprint density at radius 1 is 1.70 bits per heavy atom. The lowest BCUT2D eigenvalue weighted by atomic mass is 10.3. The van der Waals surface area contributed by atoms with Crippen molar-refractivity contribution in [3.63, 3.8) is 0 Å². The van der Waals surface area contributed by atoms with Gasteiger partial charge in [-0.3, -0.25) is 0 Å². The summed E-state index contributed by atoms with van der Waals surface area (Å²) in [7, 11) is 0. The minimum atomic E-state index is 0.732. The van der Waals surface area contributed by atoms with E-state index in [0.29, 0.717) is 0 Å². The van der Waals surface area contributed by atoms with Crippen LogP contribution in [0.25, 0.3) is 0 Å². The molecule has 56 valence electrons. The number of hydrogen-bond acceptors (Lipinski definition) is 2. The van der Waals surface area contributed by atoms with Gasteiger partial charge in [-0.05, 0) is 5.92 Å². The molecular weight excluding hydrogens is 144 g/mol. The molecule has 0 atom stereocenters. The third-order valence-corrected chi connectivity index (χ3v) is 2.36. The normalized spacial score (nSPS) is 10.7. The molecule has 0 aliphatic heterocycles. The number of nitrogens with zero attached hydrogens (tertiary/aromatic N) is 1. The third kappa shape index (κ3) is 2.43. The van der Waals surface area contributed by atoms with Crippen molar-refractivity contribution in [2.45, 2.75) is 19.0 Å². The van der Waals surface area contributed by atoms with Crippen molar-refractivity contribution >= 4 is 11.8 Å². The van der Waals surface area contributed by atoms with Crippen LogP contribution in [0.15, 0.2) is 17.6 Å². The van der Waals surface area contributed by atoms with E-state index in [1.165, 1.54) is 0 Å². The summed E-state index contributed by atoms with van der Waals surface area (Å²) < 4.78 is 0. The average molecular weight is 156 g/mol. The van der Waals surface area contributed by atoms with E-state index in [1.807, 2.05) is 6.20 Å². The summed E-state index contributed by atoms with van der Waals surface area (Å²) in [5.41, 5.74) is 0. The topological polar surface area (TPSA) is 28.7 Å². The van der Waals surface area contributed by atoms with E-state index < -0.39 is 0 Å². The monoisotopic (exact) mass is 156 g/mol. The van der Waals surface area contributed by atoms with Crippen LogP contribution in [-0.4, -0.2) is 15.7 Å². The summed E-state index contributed by atoms with van der Waals surface area (Å²) in [6.07, 6.45) is 3.63. The second kappa shape index (κ2) is 3.66. The minimum Gasteiger partial charge on any atom is -0.340 e. The number of thioether (sulfide) groups is 1. The van der Waals surface area contributed by atoms with Crippen molar-refractivity contribution in [1.29, 1.82) is 0 Å². The minimum absolute atomic E-state index is 0.732. The summed E-state index contributed by atoms with van der Waals surface area (Å²) >= 11 is 1.77. The lowest BCUT2D eigenvalue weighted by molar-refractivity contribution is 0.748. The van der Waals surface area contributed by atoms with E-state index >= 15 is 0 Å². The van der Waals surface area contributed by atoms with E-state index in [-0.39, 0.29) is 0 Å². The Bertz CT molecular complexity index is 170. The summed E-state index contributed by atoms with van der Waals surface area (Å²) in [5, 5.41) is 1.02. The van der Waals surface area contributed by atoms with Gasteiger partial charge in [-0.2, -0.15) is 0 Å². The molecule has 1 aromatic rings. The molecule has 0 fully saturated rings. The number of aromatic amines is 1. The van der Waals surface area contributed by atoms with Crippen molar-refractivity contribution in [2.24, 2.45) is 5.92 Å². The Balaban J connectivity index is 2.28. The molecule has 1 rings (SSSR count). The number of nitrogens with one attached hydrogen (secondary N) is 1. The maximum atomic E-state index is 4.10. The van der Waals surface area contributed by atoms with Crippen molar-refractivity contribution in [3.05, 3.63) is 12.4 Å². The predicted molar refractivity (Wildman–Crippen MR) is 44.1 cm³/mol. The molecule has 1 aromatic heterocycles. The summed E-state index contributed by atoms with van der Waals surface area (Å²) in [5.74, 6) is 1.86. The Morgan fingerprint density at radius 2 is 2.50 bits per heavy atom. The fraction of sp³-hybridized carbons (Fsp3) is 0.571. The van der Waals surface area contributed by atoms with Gasteiger partial charge in [0.25, 0.3) is 0 Å². The van der Waals surface area contributed by atoms with Gasteiger partial charge in [0.1, 0.15) is 0 Å². The lowest BCUT2D eigenvalue weighted by Crippen LogP contribution is -1.90. The van der Waals surface area contributed by atoms with Gasteiger partial charge in [-0.15, -0.1) is 0 Å². The molecule has 0 bridgehead atoms. The van der Waals surface area contributed by atoms with Crippen LogP contribution in [0.5, 0.6) is 0 Å². The second-order valence-corrected chi connectivity index (χ2v) is 3.61. The van der Waals surface area contributed by atoms with Crippen LogP contribution in [-0.2, 0) is 0 Å². The van der Waals surface area contributed by atoms with Crippen LogP contribution in [0, 0.1) is 5.92 Å². The number of rotatable bonds is 3. The number of aromatic nitrogens is 2. The van der Waals surface area contributed by atoms with Crippen molar-refractivity contribution < 1.29 is 0 Å². The second-order valence-electron chi connectivity index (χ2n) is 2.60. The zero-order valence-electron chi connectivity index (χ0n) is 6.29. The first kappa shape index (κ1) is 7.66. The molecule has 1 N–H and O–H groups in total. The van der Waals surface area contributed by atoms with Crippen molar-refractivity contribution in [1.82, 2.24) is 9.97 Å². The van der Waals surface area contributed by atoms with E-state index in [1.54, 1.807) is 18.0 Å². The molecule has 0 aromatic carbocycles. The van der Waals surface area contributed by atoms with E-state index in [0.717, 1.165) is 16.8 Å². The molecule has 0 aliphatic carbocycles. The highest BCUT2D eigenvalue weighted by Crippen LogP contribution is 2.14. The van der Waals surface area contributed by atoms with Crippen LogP contribution in [0.3, 0.4) is 0 Å². The van der Waals surface area contributed by atoms with Crippen LogP contribution < -0.4 is 0 Å². The lowest BCUT2D eigenvalue weighted by Gasteiger charge is -1.99. The molecule has 1 heterocycles. The van der Waals surface area contributed by atoms with Gasteiger partial charge < -0.3 is 4.98 Å². The van der Waals surface area contributed by atoms with Gasteiger partial charge in [-0.25, -0.2) is 4.98 Å². The maximum Gasteiger partial charge on any atom is 0.165 e. The number of hydrogen-bond donors (Lipinski definition) is 1. The summed E-state index contributed by atoms with van der Waals surface area (Å²) in [6.45, 7) is 4.41. The molecule has 0 unspecified atom stereocenters. The summed E-state index contributed by atoms with van der Waals surface area (Å²) in [6, 6.07) is 0. The largest absolute Gasteiger partial charge is 0.340 e. The molecule has 0 amide bonds. The molecule has 0 radical (unpaired) electrons. The Kier molecular flexibility index (Phi) is 2.81. The van der Waals surface area contributed by atoms with Crippen molar-refractivity contribution in [2.75, 3.05) is 5.75 Å². The van der Waals surface area contributed by atoms with E-state index in [9.17, 15) is 0 Å². The molecule has 0 saturated carbocycles. The number of H-pyrrole nitrogens is 1. The van der Waals surface area contributed by atoms with Crippen molar-refractivity contribution in [3.8, 4) is 0 Å². The molecule has 0 spiro atoms. The van der Waals surface area contributed by atoms with Gasteiger partial charge in [-0.1, -0.05) is 25.6 Å². The highest BCUT2D eigenvalue weighted by atomic mass is 32.2. The Hall–Kier alpha value is -0.440. The molecule has 0 saturated heterocycles. The smallest absolute Gasteiger partial charge is 0.165 e. The fourth-order valence-corrected chi connectivity index (χ4v) is 1.35. The zero-order chi connectivity index (χ0) is 7.40. The van der Waals surface area contributed by atoms with Crippen LogP contribution in [0.2, 0.25) is 0 Å². The summed E-state index contributed by atoms with van der Waals surface area (Å²) in [4.78, 5) is 7.14. The quantitative estimate of drug-likeness (QED) is 0.679. The fourth-order valence-electron chi connectivity index (χ4n) is 0.575. The first-order valence-electron chi connectivity index (χ1n) is 3.41. The van der Waals surface area contributed by atoms with Crippen LogP contribution in [0.1, 0.15) is 13.8 Å². The van der Waals surface area contributed by atoms with Crippen LogP contribution >= 0.6 is 11.8 Å². The van der Waals surface area contributed by atoms with Gasteiger partial charge in [0.05, 0.1) is 0 Å². The first-order valence-corrected chi connectivity index (χ1v) is 4.40. The van der Waals surface area contributed by atoms with E-state index in [2.05, 4.69) is 23.8 Å². The van der Waals surface area contributed by atoms with Crippen LogP contribution in [0.4, 0.5) is 0 Å². The zero-order valence-corrected chi connectivity index (χ0v) is 7.11. The average Bonchev–Trinajstić information content (AvgIpc) is 2.34. The molecule has 3 heteroatoms. The number of imidazole rings is 1. The van der Waals surface area contributed by atoms with Gasteiger partial charge in [0.2, 0.25) is 0 Å².